The smallest absolute Gasteiger partial charge is 0.311 e. The van der Waals surface area contributed by atoms with Gasteiger partial charge in [-0.15, -0.1) is 0 Å². The maximum Gasteiger partial charge on any atom is 0.311 e. The van der Waals surface area contributed by atoms with E-state index in [0.29, 0.717) is 0 Å². The van der Waals surface area contributed by atoms with Crippen LogP contribution >= 0.6 is 0 Å². The van der Waals surface area contributed by atoms with Crippen molar-refractivity contribution in [2.24, 2.45) is 5.41 Å². The molecule has 0 radical (unpaired) electrons. The van der Waals surface area contributed by atoms with Crippen LogP contribution in [0, 0.1) is 5.41 Å². The minimum atomic E-state index is -3.03. The first-order valence-electron chi connectivity index (χ1n) is 8.84. The summed E-state index contributed by atoms with van der Waals surface area (Å²) in [6.45, 7) is 3.85. The van der Waals surface area contributed by atoms with E-state index in [4.69, 9.17) is 8.85 Å². The normalized spacial score (nSPS) is 31.2. The highest BCUT2D eigenvalue weighted by molar-refractivity contribution is 5.75. The van der Waals surface area contributed by atoms with Crippen molar-refractivity contribution in [3.05, 3.63) is 12.7 Å². The van der Waals surface area contributed by atoms with Crippen molar-refractivity contribution >= 4 is 5.97 Å². The minimum Gasteiger partial charge on any atom is -0.461 e. The van der Waals surface area contributed by atoms with Crippen LogP contribution in [-0.2, 0) is 9.53 Å². The number of carbonyl (C=O) groups excluding carboxylic acids is 1. The van der Waals surface area contributed by atoms with Crippen molar-refractivity contribution in [2.75, 3.05) is 33.2 Å². The lowest BCUT2D eigenvalue weighted by molar-refractivity contribution is -0.154. The van der Waals surface area contributed by atoms with Gasteiger partial charge in [-0.25, -0.2) is 18.8 Å². The Balaban J connectivity index is 2.13. The number of carbonyl (C=O) groups is 1. The lowest BCUT2D eigenvalue weighted by Crippen LogP contribution is -2.50. The van der Waals surface area contributed by atoms with E-state index in [-0.39, 0.29) is 26.1 Å². The number of fused-ring (bicyclic) bond motifs is 1. The number of ether oxygens (including phenoxy) is 1. The Labute approximate surface area is 134 Å². The van der Waals surface area contributed by atoms with E-state index in [0.717, 1.165) is 5.01 Å². The molecular formula is C15H25F2N3O2. The van der Waals surface area contributed by atoms with Crippen molar-refractivity contribution in [2.45, 2.75) is 38.3 Å². The number of hydrogen-bond acceptors (Lipinski definition) is 5. The fourth-order valence-corrected chi connectivity index (χ4v) is 2.90. The zero-order valence-electron chi connectivity index (χ0n) is 15.9. The molecule has 7 heteroatoms. The molecule has 2 rings (SSSR count). The summed E-state index contributed by atoms with van der Waals surface area (Å²) in [5, 5.41) is 4.92. The van der Waals surface area contributed by atoms with Crippen molar-refractivity contribution in [1.29, 1.82) is 0 Å². The van der Waals surface area contributed by atoms with Gasteiger partial charge >= 0.3 is 5.97 Å². The summed E-state index contributed by atoms with van der Waals surface area (Å²) < 4.78 is 56.4. The summed E-state index contributed by atoms with van der Waals surface area (Å²) in [5.74, 6) is -3.50. The molecular weight excluding hydrogens is 292 g/mol. The van der Waals surface area contributed by atoms with Gasteiger partial charge in [-0.3, -0.25) is 4.79 Å². The molecule has 5 nitrogen and oxygen atoms in total. The van der Waals surface area contributed by atoms with Crippen molar-refractivity contribution in [1.82, 2.24) is 15.3 Å². The van der Waals surface area contributed by atoms with E-state index in [1.54, 1.807) is 13.8 Å². The number of nitrogens with one attached hydrogen (secondary N) is 1. The van der Waals surface area contributed by atoms with E-state index >= 15 is 0 Å². The Morgan fingerprint density at radius 1 is 1.64 bits per heavy atom. The molecule has 0 aromatic carbocycles. The highest BCUT2D eigenvalue weighted by atomic mass is 19.3. The quantitative estimate of drug-likeness (QED) is 0.590. The molecule has 0 saturated carbocycles. The molecule has 0 aromatic rings. The fourth-order valence-electron chi connectivity index (χ4n) is 2.90. The van der Waals surface area contributed by atoms with Gasteiger partial charge in [0.1, 0.15) is 12.6 Å². The van der Waals surface area contributed by atoms with Gasteiger partial charge in [-0.2, -0.15) is 0 Å². The molecule has 0 unspecified atom stereocenters. The Bertz CT molecular complexity index is 529. The van der Waals surface area contributed by atoms with E-state index in [9.17, 15) is 13.6 Å². The molecule has 126 valence electrons. The molecule has 2 aliphatic rings. The first-order chi connectivity index (χ1) is 11.4. The second kappa shape index (κ2) is 6.22. The zero-order valence-corrected chi connectivity index (χ0v) is 12.9. The Morgan fingerprint density at radius 2 is 2.36 bits per heavy atom. The number of nitrogens with zero attached hydrogens (tertiary/aromatic N) is 2. The Hall–Kier alpha value is -1.05. The van der Waals surface area contributed by atoms with Gasteiger partial charge in [0.2, 0.25) is 0 Å². The maximum atomic E-state index is 14.2. The summed E-state index contributed by atoms with van der Waals surface area (Å²) in [7, 11) is 0. The van der Waals surface area contributed by atoms with Crippen LogP contribution in [0.1, 0.15) is 24.4 Å². The average molecular weight is 320 g/mol. The van der Waals surface area contributed by atoms with Crippen LogP contribution < -0.4 is 5.32 Å². The van der Waals surface area contributed by atoms with E-state index in [1.165, 1.54) is 11.1 Å². The highest BCUT2D eigenvalue weighted by Crippen LogP contribution is 2.36. The van der Waals surface area contributed by atoms with Crippen LogP contribution in [-0.4, -0.2) is 67.2 Å². The lowest BCUT2D eigenvalue weighted by atomic mass is 9.89. The zero-order chi connectivity index (χ0) is 19.0. The number of likely N-dealkylation sites (N-methyl/N-ethyl adjacent to an activating group) is 1. The van der Waals surface area contributed by atoms with Crippen molar-refractivity contribution in [3.8, 4) is 0 Å². The predicted molar refractivity (Wildman–Crippen MR) is 79.4 cm³/mol. The first kappa shape index (κ1) is 13.4. The second-order valence-electron chi connectivity index (χ2n) is 6.46. The molecule has 0 spiro atoms. The SMILES string of the molecule is [2H]C([2H])([2H])N1C[C@H]2NCC(F)(F)[C@H]2N1CCC(C)(C)C(=O)OCC=C. The molecule has 2 heterocycles. The van der Waals surface area contributed by atoms with Crippen LogP contribution in [0.2, 0.25) is 0 Å². The lowest BCUT2D eigenvalue weighted by Gasteiger charge is -2.34. The highest BCUT2D eigenvalue weighted by Gasteiger charge is 2.57. The van der Waals surface area contributed by atoms with E-state index in [1.807, 2.05) is 0 Å². The number of esters is 1. The van der Waals surface area contributed by atoms with Crippen LogP contribution in [0.15, 0.2) is 12.7 Å². The van der Waals surface area contributed by atoms with Crippen LogP contribution in [0.3, 0.4) is 0 Å². The number of alkyl halides is 2. The summed E-state index contributed by atoms with van der Waals surface area (Å²) in [6, 6.07) is -1.85. The molecule has 0 aliphatic carbocycles. The number of hydrogen-bond donors (Lipinski definition) is 1. The topological polar surface area (TPSA) is 44.8 Å². The molecule has 2 fully saturated rings. The molecule has 22 heavy (non-hydrogen) atoms. The number of hydrazine groups is 1. The molecule has 2 atom stereocenters. The summed E-state index contributed by atoms with van der Waals surface area (Å²) >= 11 is 0. The Morgan fingerprint density at radius 3 is 3.00 bits per heavy atom. The molecule has 0 amide bonds. The standard InChI is InChI=1S/C15H25F2N3O2/c1-5-8-22-13(21)14(2,3)6-7-20-12-11(9-19(20)4)18-10-15(12,16)17/h5,11-12,18H,1,6-10H2,2-4H3/t11-,12+/m1/s1/i4D3. The largest absolute Gasteiger partial charge is 0.461 e. The summed E-state index contributed by atoms with van der Waals surface area (Å²) in [5.41, 5.74) is -0.928. The fraction of sp³-hybridized carbons (Fsp3) is 0.800. The van der Waals surface area contributed by atoms with Gasteiger partial charge in [0.15, 0.2) is 0 Å². The van der Waals surface area contributed by atoms with Crippen molar-refractivity contribution < 1.29 is 22.4 Å². The number of rotatable bonds is 6. The van der Waals surface area contributed by atoms with Gasteiger partial charge in [0.25, 0.3) is 5.92 Å². The maximum absolute atomic E-state index is 14.2. The van der Waals surface area contributed by atoms with Gasteiger partial charge in [0, 0.05) is 30.2 Å². The van der Waals surface area contributed by atoms with Crippen molar-refractivity contribution in [3.63, 3.8) is 0 Å². The van der Waals surface area contributed by atoms with Crippen LogP contribution in [0.5, 0.6) is 0 Å². The summed E-state index contributed by atoms with van der Waals surface area (Å²) in [4.78, 5) is 12.1. The van der Waals surface area contributed by atoms with Gasteiger partial charge in [-0.05, 0) is 20.3 Å². The summed E-state index contributed by atoms with van der Waals surface area (Å²) in [6.07, 6.45) is 1.63. The Kier molecular flexibility index (Phi) is 3.78. The van der Waals surface area contributed by atoms with Crippen LogP contribution in [0.4, 0.5) is 8.78 Å². The monoisotopic (exact) mass is 320 g/mol. The van der Waals surface area contributed by atoms with E-state index in [2.05, 4.69) is 11.9 Å². The second-order valence-corrected chi connectivity index (χ2v) is 6.46. The number of halogens is 2. The van der Waals surface area contributed by atoms with Gasteiger partial charge < -0.3 is 10.1 Å². The van der Waals surface area contributed by atoms with Gasteiger partial charge in [0.05, 0.1) is 12.0 Å². The predicted octanol–water partition coefficient (Wildman–Crippen LogP) is 1.27. The third kappa shape index (κ3) is 3.31. The molecule has 2 saturated heterocycles. The molecule has 1 N–H and O–H groups in total. The third-order valence-corrected chi connectivity index (χ3v) is 4.27. The van der Waals surface area contributed by atoms with E-state index < -0.39 is 42.9 Å². The molecule has 0 bridgehead atoms. The average Bonchev–Trinajstić information content (AvgIpc) is 3.00. The third-order valence-electron chi connectivity index (χ3n) is 4.27. The van der Waals surface area contributed by atoms with Gasteiger partial charge in [-0.1, -0.05) is 12.7 Å². The van der Waals surface area contributed by atoms with Crippen LogP contribution in [0.25, 0.3) is 0 Å². The molecule has 2 aliphatic heterocycles. The first-order valence-corrected chi connectivity index (χ1v) is 7.34. The minimum absolute atomic E-state index is 0.0158. The molecule has 0 aromatic heterocycles.